The van der Waals surface area contributed by atoms with E-state index in [0.717, 1.165) is 17.8 Å². The maximum Gasteiger partial charge on any atom is 0.259 e. The molecule has 0 heterocycles. The summed E-state index contributed by atoms with van der Waals surface area (Å²) in [4.78, 5) is 13.9. The average molecular weight is 307 g/mol. The third-order valence-corrected chi connectivity index (χ3v) is 3.28. The Labute approximate surface area is 137 Å². The van der Waals surface area contributed by atoms with Crippen molar-refractivity contribution >= 4 is 23.9 Å². The van der Waals surface area contributed by atoms with Crippen molar-refractivity contribution in [3.8, 4) is 0 Å². The molecule has 0 aliphatic rings. The van der Waals surface area contributed by atoms with Gasteiger partial charge in [-0.05, 0) is 30.7 Å². The van der Waals surface area contributed by atoms with Crippen molar-refractivity contribution in [2.75, 3.05) is 18.0 Å². The van der Waals surface area contributed by atoms with Gasteiger partial charge in [0.05, 0.1) is 6.54 Å². The van der Waals surface area contributed by atoms with Crippen molar-refractivity contribution in [1.29, 1.82) is 0 Å². The van der Waals surface area contributed by atoms with Crippen LogP contribution in [0.1, 0.15) is 12.5 Å². The molecule has 2 rings (SSSR count). The number of hydrogen-bond donors (Lipinski definition) is 1. The summed E-state index contributed by atoms with van der Waals surface area (Å²) in [6.07, 6.45) is 5.30. The van der Waals surface area contributed by atoms with E-state index < -0.39 is 0 Å². The summed E-state index contributed by atoms with van der Waals surface area (Å²) < 4.78 is 0. The fourth-order valence-corrected chi connectivity index (χ4v) is 2.10. The maximum absolute atomic E-state index is 11.9. The van der Waals surface area contributed by atoms with Gasteiger partial charge in [-0.3, -0.25) is 4.79 Å². The number of nitrogens with one attached hydrogen (secondary N) is 1. The fraction of sp³-hybridized carbons (Fsp3) is 0.158. The number of carbonyl (C=O) groups is 1. The molecule has 0 aliphatic carbocycles. The number of rotatable bonds is 7. The zero-order chi connectivity index (χ0) is 16.3. The molecule has 1 amide bonds. The lowest BCUT2D eigenvalue weighted by Gasteiger charge is -2.21. The zero-order valence-electron chi connectivity index (χ0n) is 13.2. The fourth-order valence-electron chi connectivity index (χ4n) is 2.10. The molecular weight excluding hydrogens is 286 g/mol. The van der Waals surface area contributed by atoms with Crippen LogP contribution in [0.2, 0.25) is 0 Å². The Bertz CT molecular complexity index is 651. The lowest BCUT2D eigenvalue weighted by Crippen LogP contribution is -2.35. The van der Waals surface area contributed by atoms with E-state index in [-0.39, 0.29) is 12.5 Å². The van der Waals surface area contributed by atoms with Crippen LogP contribution in [0.3, 0.4) is 0 Å². The second kappa shape index (κ2) is 9.20. The van der Waals surface area contributed by atoms with Crippen LogP contribution < -0.4 is 10.3 Å². The second-order valence-electron chi connectivity index (χ2n) is 4.93. The SMILES string of the molecule is CCN(CC(=O)N/N=C/C=C/c1ccccc1)c1ccccc1. The Balaban J connectivity index is 1.80. The minimum absolute atomic E-state index is 0.139. The first kappa shape index (κ1) is 16.5. The van der Waals surface area contributed by atoms with Crippen LogP contribution in [0.4, 0.5) is 5.69 Å². The van der Waals surface area contributed by atoms with Gasteiger partial charge in [0, 0.05) is 18.4 Å². The van der Waals surface area contributed by atoms with E-state index in [4.69, 9.17) is 0 Å². The van der Waals surface area contributed by atoms with E-state index in [1.54, 1.807) is 12.3 Å². The van der Waals surface area contributed by atoms with Gasteiger partial charge in [0.25, 0.3) is 5.91 Å². The van der Waals surface area contributed by atoms with Crippen molar-refractivity contribution in [1.82, 2.24) is 5.43 Å². The molecule has 4 heteroatoms. The first-order valence-electron chi connectivity index (χ1n) is 7.63. The summed E-state index contributed by atoms with van der Waals surface area (Å²) in [7, 11) is 0. The van der Waals surface area contributed by atoms with Crippen LogP contribution >= 0.6 is 0 Å². The number of carbonyl (C=O) groups excluding carboxylic acids is 1. The van der Waals surface area contributed by atoms with Crippen LogP contribution in [0.15, 0.2) is 71.8 Å². The average Bonchev–Trinajstić information content (AvgIpc) is 2.61. The molecule has 0 atom stereocenters. The number of benzene rings is 2. The lowest BCUT2D eigenvalue weighted by atomic mass is 10.2. The van der Waals surface area contributed by atoms with Crippen molar-refractivity contribution in [3.05, 3.63) is 72.3 Å². The molecule has 0 aromatic heterocycles. The molecule has 0 unspecified atom stereocenters. The third-order valence-electron chi connectivity index (χ3n) is 3.28. The normalized spacial score (nSPS) is 11.0. The van der Waals surface area contributed by atoms with Gasteiger partial charge < -0.3 is 4.90 Å². The Kier molecular flexibility index (Phi) is 6.60. The van der Waals surface area contributed by atoms with Gasteiger partial charge in [0.1, 0.15) is 0 Å². The van der Waals surface area contributed by atoms with Gasteiger partial charge in [-0.2, -0.15) is 5.10 Å². The minimum Gasteiger partial charge on any atom is -0.362 e. The minimum atomic E-state index is -0.139. The van der Waals surface area contributed by atoms with E-state index >= 15 is 0 Å². The second-order valence-corrected chi connectivity index (χ2v) is 4.93. The van der Waals surface area contributed by atoms with E-state index in [9.17, 15) is 4.79 Å². The van der Waals surface area contributed by atoms with E-state index in [2.05, 4.69) is 10.5 Å². The predicted octanol–water partition coefficient (Wildman–Crippen LogP) is 3.33. The first-order chi connectivity index (χ1) is 11.3. The molecular formula is C19H21N3O. The highest BCUT2D eigenvalue weighted by atomic mass is 16.2. The van der Waals surface area contributed by atoms with Crippen LogP contribution in [0, 0.1) is 0 Å². The first-order valence-corrected chi connectivity index (χ1v) is 7.63. The number of amides is 1. The monoisotopic (exact) mass is 307 g/mol. The quantitative estimate of drug-likeness (QED) is 0.630. The molecule has 0 saturated carbocycles. The molecule has 2 aromatic carbocycles. The summed E-state index contributed by atoms with van der Waals surface area (Å²) in [5, 5.41) is 3.93. The molecule has 23 heavy (non-hydrogen) atoms. The summed E-state index contributed by atoms with van der Waals surface area (Å²) >= 11 is 0. The smallest absolute Gasteiger partial charge is 0.259 e. The molecule has 0 fully saturated rings. The van der Waals surface area contributed by atoms with Crippen LogP contribution in [0.25, 0.3) is 6.08 Å². The van der Waals surface area contributed by atoms with Gasteiger partial charge >= 0.3 is 0 Å². The van der Waals surface area contributed by atoms with Crippen molar-refractivity contribution in [2.24, 2.45) is 5.10 Å². The standard InChI is InChI=1S/C19H21N3O/c1-2-22(18-13-7-4-8-14-18)16-19(23)21-20-15-9-12-17-10-5-3-6-11-17/h3-15H,2,16H2,1H3,(H,21,23)/b12-9+,20-15+. The van der Waals surface area contributed by atoms with E-state index in [1.165, 1.54) is 0 Å². The van der Waals surface area contributed by atoms with Crippen molar-refractivity contribution < 1.29 is 4.79 Å². The van der Waals surface area contributed by atoms with E-state index in [1.807, 2.05) is 78.6 Å². The number of allylic oxidation sites excluding steroid dienone is 1. The molecule has 2 aromatic rings. The summed E-state index contributed by atoms with van der Waals surface area (Å²) in [5.74, 6) is -0.139. The maximum atomic E-state index is 11.9. The zero-order valence-corrected chi connectivity index (χ0v) is 13.2. The molecule has 118 valence electrons. The molecule has 0 aliphatic heterocycles. The largest absolute Gasteiger partial charge is 0.362 e. The molecule has 0 spiro atoms. The Morgan fingerprint density at radius 3 is 2.39 bits per heavy atom. The number of para-hydroxylation sites is 1. The van der Waals surface area contributed by atoms with Crippen LogP contribution in [-0.4, -0.2) is 25.2 Å². The van der Waals surface area contributed by atoms with E-state index in [0.29, 0.717) is 0 Å². The summed E-state index contributed by atoms with van der Waals surface area (Å²) in [6, 6.07) is 19.8. The third kappa shape index (κ3) is 5.79. The Hall–Kier alpha value is -2.88. The Morgan fingerprint density at radius 2 is 1.74 bits per heavy atom. The summed E-state index contributed by atoms with van der Waals surface area (Å²) in [6.45, 7) is 3.06. The lowest BCUT2D eigenvalue weighted by molar-refractivity contribution is -0.119. The molecule has 0 saturated heterocycles. The van der Waals surface area contributed by atoms with Gasteiger partial charge in [0.2, 0.25) is 0 Å². The highest BCUT2D eigenvalue weighted by Gasteiger charge is 2.08. The molecule has 1 N–H and O–H groups in total. The molecule has 0 radical (unpaired) electrons. The molecule has 4 nitrogen and oxygen atoms in total. The number of hydrogen-bond acceptors (Lipinski definition) is 3. The topological polar surface area (TPSA) is 44.7 Å². The van der Waals surface area contributed by atoms with Gasteiger partial charge in [-0.1, -0.05) is 54.6 Å². The summed E-state index contributed by atoms with van der Waals surface area (Å²) in [5.41, 5.74) is 4.66. The van der Waals surface area contributed by atoms with Crippen LogP contribution in [0.5, 0.6) is 0 Å². The number of nitrogens with zero attached hydrogens (tertiary/aromatic N) is 2. The Morgan fingerprint density at radius 1 is 1.09 bits per heavy atom. The molecule has 0 bridgehead atoms. The van der Waals surface area contributed by atoms with Gasteiger partial charge in [0.15, 0.2) is 0 Å². The van der Waals surface area contributed by atoms with Gasteiger partial charge in [-0.15, -0.1) is 0 Å². The van der Waals surface area contributed by atoms with Crippen LogP contribution in [-0.2, 0) is 4.79 Å². The number of likely N-dealkylation sites (N-methyl/N-ethyl adjacent to an activating group) is 1. The predicted molar refractivity (Wildman–Crippen MR) is 96.4 cm³/mol. The number of hydrazone groups is 1. The highest BCUT2D eigenvalue weighted by molar-refractivity contribution is 5.83. The van der Waals surface area contributed by atoms with Crippen molar-refractivity contribution in [3.63, 3.8) is 0 Å². The van der Waals surface area contributed by atoms with Crippen molar-refractivity contribution in [2.45, 2.75) is 6.92 Å². The van der Waals surface area contributed by atoms with Gasteiger partial charge in [-0.25, -0.2) is 5.43 Å². The highest BCUT2D eigenvalue weighted by Crippen LogP contribution is 2.11. The number of anilines is 1.